The van der Waals surface area contributed by atoms with Crippen LogP contribution in [0.1, 0.15) is 361 Å². The maximum atomic E-state index is 14.1. The van der Waals surface area contributed by atoms with Crippen LogP contribution in [0.25, 0.3) is 0 Å². The summed E-state index contributed by atoms with van der Waals surface area (Å²) < 4.78 is 20.5. The third-order valence-corrected chi connectivity index (χ3v) is 35.4. The van der Waals surface area contributed by atoms with Crippen molar-refractivity contribution in [3.05, 3.63) is 190 Å². The second-order valence-electron chi connectivity index (χ2n) is 44.3. The Kier molecular flexibility index (Phi) is 39.4. The van der Waals surface area contributed by atoms with Gasteiger partial charge in [-0.1, -0.05) is 248 Å². The zero-order valence-corrected chi connectivity index (χ0v) is 82.9. The van der Waals surface area contributed by atoms with E-state index in [0.717, 1.165) is 148 Å². The molecule has 1 unspecified atom stereocenters. The maximum absolute atomic E-state index is 14.1. The number of rotatable bonds is 29. The van der Waals surface area contributed by atoms with Gasteiger partial charge in [-0.05, 0) is 358 Å². The van der Waals surface area contributed by atoms with Gasteiger partial charge >= 0.3 is 0 Å². The first kappa shape index (κ1) is 107. The predicted molar refractivity (Wildman–Crippen MR) is 529 cm³/mol. The molecule has 11 fully saturated rings. The van der Waals surface area contributed by atoms with Crippen LogP contribution in [-0.4, -0.2) is 140 Å². The molecule has 0 bridgehead atoms. The number of halogens is 1. The Morgan fingerprint density at radius 2 is 0.867 bits per heavy atom. The fourth-order valence-electron chi connectivity index (χ4n) is 26.5. The largest absolute Gasteiger partial charge is 0.393 e. The number of hydrogen-bond acceptors (Lipinski definition) is 12. The zero-order chi connectivity index (χ0) is 94.1. The quantitative estimate of drug-likeness (QED) is 0.0191. The molecule has 0 aromatic rings. The van der Waals surface area contributed by atoms with Crippen LogP contribution in [0.5, 0.6) is 0 Å². The van der Waals surface area contributed by atoms with E-state index in [1.54, 1.807) is 11.1 Å². The number of alkyl halides is 1. The van der Waals surface area contributed by atoms with Gasteiger partial charge in [0.1, 0.15) is 6.17 Å². The number of aliphatic hydroxyl groups excluding tert-OH is 7. The first-order valence-corrected chi connectivity index (χ1v) is 51.4. The molecule has 12 rings (SSSR count). The van der Waals surface area contributed by atoms with Gasteiger partial charge in [-0.25, -0.2) is 4.39 Å². The first-order chi connectivity index (χ1) is 60.4. The molecule has 11 saturated carbocycles. The van der Waals surface area contributed by atoms with E-state index >= 15 is 0 Å². The molecule has 13 heteroatoms. The summed E-state index contributed by atoms with van der Waals surface area (Å²) >= 11 is 0. The van der Waals surface area contributed by atoms with Gasteiger partial charge in [0.25, 0.3) is 0 Å². The second-order valence-corrected chi connectivity index (χ2v) is 44.3. The van der Waals surface area contributed by atoms with E-state index in [1.807, 2.05) is 65.8 Å². The van der Waals surface area contributed by atoms with Crippen molar-refractivity contribution in [2.75, 3.05) is 6.61 Å². The molecule has 0 aliphatic heterocycles. The third-order valence-electron chi connectivity index (χ3n) is 35.4. The van der Waals surface area contributed by atoms with E-state index in [4.69, 9.17) is 4.74 Å². The summed E-state index contributed by atoms with van der Waals surface area (Å²) in [5.74, 6) is 5.97. The number of hydrogen-bond donors (Lipinski definition) is 11. The summed E-state index contributed by atoms with van der Waals surface area (Å²) in [6, 6.07) is 0. The van der Waals surface area contributed by atoms with E-state index in [1.165, 1.54) is 119 Å². The van der Waals surface area contributed by atoms with E-state index in [9.17, 15) is 60.6 Å². The molecule has 0 heterocycles. The zero-order valence-electron chi connectivity index (χ0n) is 82.9. The molecule has 12 aliphatic carbocycles. The van der Waals surface area contributed by atoms with Crippen molar-refractivity contribution in [3.8, 4) is 0 Å². The average molecular weight is 1770 g/mol. The van der Waals surface area contributed by atoms with E-state index in [0.29, 0.717) is 115 Å². The molecule has 0 aromatic carbocycles. The first-order valence-electron chi connectivity index (χ1n) is 51.4. The molecule has 720 valence electrons. The van der Waals surface area contributed by atoms with Crippen molar-refractivity contribution in [2.24, 2.45) is 80.8 Å². The maximum Gasteiger partial charge on any atom is 0.127 e. The summed E-state index contributed by atoms with van der Waals surface area (Å²) in [6.45, 7) is 52.2. The van der Waals surface area contributed by atoms with Gasteiger partial charge in [-0.15, -0.1) is 0 Å². The smallest absolute Gasteiger partial charge is 0.127 e. The van der Waals surface area contributed by atoms with Crippen LogP contribution in [-0.2, 0) is 4.74 Å². The molecular weight excluding hydrogens is 1590 g/mol. The number of aliphatic hydroxyl groups is 11. The summed E-state index contributed by atoms with van der Waals surface area (Å²) in [7, 11) is 0. The van der Waals surface area contributed by atoms with Crippen LogP contribution in [0.15, 0.2) is 190 Å². The Hall–Kier alpha value is -4.71. The minimum Gasteiger partial charge on any atom is -0.393 e. The molecule has 0 radical (unpaired) electrons. The highest BCUT2D eigenvalue weighted by Crippen LogP contribution is 2.63. The van der Waals surface area contributed by atoms with Gasteiger partial charge in [0.15, 0.2) is 0 Å². The molecule has 12 aliphatic rings. The van der Waals surface area contributed by atoms with E-state index in [-0.39, 0.29) is 23.4 Å². The van der Waals surface area contributed by atoms with Crippen LogP contribution in [0.3, 0.4) is 0 Å². The minimum atomic E-state index is -1.13. The topological polar surface area (TPSA) is 232 Å². The normalized spacial score (nSPS) is 36.7. The van der Waals surface area contributed by atoms with Crippen LogP contribution in [0.2, 0.25) is 0 Å². The van der Waals surface area contributed by atoms with Gasteiger partial charge < -0.3 is 60.9 Å². The number of fused-ring (bicyclic) bond motifs is 4. The average Bonchev–Trinajstić information content (AvgIpc) is 1.62. The van der Waals surface area contributed by atoms with Crippen LogP contribution in [0.4, 0.5) is 4.39 Å². The van der Waals surface area contributed by atoms with Crippen molar-refractivity contribution >= 4 is 0 Å². The lowest BCUT2D eigenvalue weighted by atomic mass is 9.60. The van der Waals surface area contributed by atoms with Crippen molar-refractivity contribution in [1.29, 1.82) is 0 Å². The molecule has 11 N–H and O–H groups in total. The van der Waals surface area contributed by atoms with Gasteiger partial charge in [0.05, 0.1) is 71.2 Å². The third kappa shape index (κ3) is 26.9. The Morgan fingerprint density at radius 3 is 1.31 bits per heavy atom. The molecule has 0 spiro atoms. The SMILES string of the molecule is C=C1/C(=C\C=C2/CCC[C@]3(C)C([C@@H](C)C/C=C/C(O)(CC)CC)=CCC23)C[C@@H](O)C[C@@H]1F.C=C1/C(=C\C=C2/CCC[C@]3(C)[C@@H]([C@@H](C)CCCC(C)(C)O)CC[C@@H]23)C[C@@H](O)C[C@@H]1O.C=C1/C(=C\C=C2/CCC[C@]3(C)[C@@H]([C@@H](C)OCCCC(O)(CC)CC)CC[C@@H]23)C[C@@H](O)C[C@@H]1O.C=C1/C(=C\C=C2/CCC[C@]3(C)[C@@H]([C@H](C)/C=C/C=C/C(O)(CC)CC)CC[C@@H]23)C[C@@H](O)C[C@@H]1O. The van der Waals surface area contributed by atoms with Crippen LogP contribution in [0, 0.1) is 80.8 Å². The molecule has 12 nitrogen and oxygen atoms in total. The lowest BCUT2D eigenvalue weighted by Gasteiger charge is -2.44. The predicted octanol–water partition coefficient (Wildman–Crippen LogP) is 25.2. The Balaban J connectivity index is 0.000000193. The molecule has 0 aromatic heterocycles. The minimum absolute atomic E-state index is 0.168. The molecule has 23 atom stereocenters. The molecule has 0 saturated heterocycles. The fraction of sp³-hybridized carbons (Fsp3) is 0.722. The highest BCUT2D eigenvalue weighted by atomic mass is 19.1. The van der Waals surface area contributed by atoms with Gasteiger partial charge in [0.2, 0.25) is 0 Å². The fourth-order valence-corrected chi connectivity index (χ4v) is 26.5. The summed E-state index contributed by atoms with van der Waals surface area (Å²) in [4.78, 5) is 0. The monoisotopic (exact) mass is 1770 g/mol. The number of ether oxygens (including phenoxy) is 1. The van der Waals surface area contributed by atoms with E-state index < -0.39 is 71.3 Å². The summed E-state index contributed by atoms with van der Waals surface area (Å²) in [5, 5.41) is 112. The van der Waals surface area contributed by atoms with Gasteiger partial charge in [-0.3, -0.25) is 0 Å². The molecule has 0 amide bonds. The summed E-state index contributed by atoms with van der Waals surface area (Å²) in [5.41, 5.74) is 13.0. The lowest BCUT2D eigenvalue weighted by Crippen LogP contribution is -2.39. The van der Waals surface area contributed by atoms with Crippen molar-refractivity contribution in [1.82, 2.24) is 0 Å². The molecule has 128 heavy (non-hydrogen) atoms. The second kappa shape index (κ2) is 47.2. The Bertz CT molecular complexity index is 4070. The van der Waals surface area contributed by atoms with Crippen molar-refractivity contribution < 1.29 is 65.3 Å². The Labute approximate surface area is 776 Å². The van der Waals surface area contributed by atoms with Crippen molar-refractivity contribution in [3.63, 3.8) is 0 Å². The van der Waals surface area contributed by atoms with Crippen LogP contribution >= 0.6 is 0 Å². The molecular formula is C115H181FO12. The lowest BCUT2D eigenvalue weighted by molar-refractivity contribution is -0.0365. The highest BCUT2D eigenvalue weighted by Gasteiger charge is 2.54. The Morgan fingerprint density at radius 1 is 0.469 bits per heavy atom. The summed E-state index contributed by atoms with van der Waals surface area (Å²) in [6.07, 6.45) is 64.8. The standard InChI is InChI=1S/C30H46O3.C29H43FO2.C29H48O4.C27H44O3/c1-6-30(33,7-2)18-9-8-11-21(3)26-15-16-27-23(12-10-17-29(26,27)5)13-14-24-19-25(31)20-28(32)22(24)4;1-6-29(32,7-2)17-8-10-20(3)25-14-15-26-22(11-9-16-28(25,26)5)12-13-23-18-24(31)19-27(30)21(23)4;1-6-29(32,7-2)16-9-17-33-21(4)25-13-14-26-22(10-8-15-28(25,26)5)11-12-23-18-24(30)19-27(31)20(23)3;1-18(8-6-14-26(3,4)30)23-12-13-24-20(9-7-15-27(23,24)5)10-11-21-16-22(28)17-25(29)19(21)2/h8-9,11,13-14,18,21,25-28,31-33H,4,6-7,10,12,15-17,19-20H2,1-3,5H3;8,12-14,17,20,24,26-27,31-32H,4,6-7,9-11,15-16,18-19H2,1-3,5H3;11-12,21,24-27,30-32H,3,6-10,13-19H2,1-2,4-5H3;10-11,18,22-25,28-30H,2,6-9,12-17H2,1,3-5H3/b11-8+,18-9+,23-13+,24-14-;17-8+,22-12+,23-13-;22-11+,23-12-;20-10+,21-11-/t21-,25-,26-,27+,28+,29-;20-,24+,26?,27-,28+;21-,24-,25-,26+,27+,28-;18-,22+,23+,24-,25-,27+/m1010/s1. The van der Waals surface area contributed by atoms with E-state index in [2.05, 4.69) is 162 Å². The van der Waals surface area contributed by atoms with Gasteiger partial charge in [0, 0.05) is 32.3 Å². The van der Waals surface area contributed by atoms with Gasteiger partial charge in [-0.2, -0.15) is 0 Å². The van der Waals surface area contributed by atoms with Crippen LogP contribution < -0.4 is 0 Å². The number of allylic oxidation sites excluding steroid dienone is 19. The highest BCUT2D eigenvalue weighted by molar-refractivity contribution is 5.44. The van der Waals surface area contributed by atoms with Crippen molar-refractivity contribution in [2.45, 2.75) is 439 Å².